The van der Waals surface area contributed by atoms with E-state index in [9.17, 15) is 15.0 Å². The minimum Gasteiger partial charge on any atom is -0.505 e. The molecule has 2 N–H and O–H groups in total. The number of phenols is 1. The minimum atomic E-state index is -0.970. The van der Waals surface area contributed by atoms with E-state index >= 15 is 0 Å². The smallest absolute Gasteiger partial charge is 0.335 e. The molecule has 0 amide bonds. The highest BCUT2D eigenvalue weighted by atomic mass is 32.2. The normalized spacial score (nSPS) is 12.1. The molecule has 0 fully saturated rings. The Balaban J connectivity index is 1.62. The third-order valence-corrected chi connectivity index (χ3v) is 7.80. The van der Waals surface area contributed by atoms with Gasteiger partial charge in [0.2, 0.25) is 0 Å². The average Bonchev–Trinajstić information content (AvgIpc) is 3.31. The summed E-state index contributed by atoms with van der Waals surface area (Å²) in [7, 11) is 0. The van der Waals surface area contributed by atoms with Crippen molar-refractivity contribution in [2.45, 2.75) is 56.2 Å². The first kappa shape index (κ1) is 27.5. The van der Waals surface area contributed by atoms with E-state index in [1.807, 2.05) is 48.5 Å². The lowest BCUT2D eigenvalue weighted by molar-refractivity contribution is 0.0697. The van der Waals surface area contributed by atoms with Crippen molar-refractivity contribution in [2.24, 2.45) is 5.41 Å². The van der Waals surface area contributed by atoms with Crippen LogP contribution in [0.5, 0.6) is 5.75 Å². The quantitative estimate of drug-likeness (QED) is 0.211. The van der Waals surface area contributed by atoms with Gasteiger partial charge in [-0.3, -0.25) is 0 Å². The second-order valence-corrected chi connectivity index (χ2v) is 13.1. The average molecular weight is 552 g/mol. The molecule has 4 aromatic carbocycles. The number of nitrogens with zero attached hydrogens (tertiary/aromatic N) is 3. The number of hydrogen-bond acceptors (Lipinski definition) is 5. The Hall–Kier alpha value is -4.10. The second kappa shape index (κ2) is 10.5. The summed E-state index contributed by atoms with van der Waals surface area (Å²) in [4.78, 5) is 15.1. The Morgan fingerprint density at radius 3 is 2.12 bits per heavy atom. The van der Waals surface area contributed by atoms with E-state index in [1.54, 1.807) is 36.0 Å². The summed E-state index contributed by atoms with van der Waals surface area (Å²) in [5, 5.41) is 30.5. The lowest BCUT2D eigenvalue weighted by Gasteiger charge is -2.34. The monoisotopic (exact) mass is 551 g/mol. The van der Waals surface area contributed by atoms with E-state index < -0.39 is 5.97 Å². The van der Waals surface area contributed by atoms with Crippen molar-refractivity contribution in [3.05, 3.63) is 96.1 Å². The first-order valence-electron chi connectivity index (χ1n) is 13.2. The molecule has 7 heteroatoms. The Morgan fingerprint density at radius 2 is 1.48 bits per heavy atom. The van der Waals surface area contributed by atoms with E-state index in [4.69, 9.17) is 10.2 Å². The van der Waals surface area contributed by atoms with Crippen LogP contribution in [0.1, 0.15) is 57.0 Å². The minimum absolute atomic E-state index is 0.0285. The lowest BCUT2D eigenvalue weighted by atomic mass is 9.71. The Labute approximate surface area is 238 Å². The zero-order valence-electron chi connectivity index (χ0n) is 23.3. The maximum atomic E-state index is 11.7. The predicted octanol–water partition coefficient (Wildman–Crippen LogP) is 8.36. The predicted molar refractivity (Wildman–Crippen MR) is 161 cm³/mol. The van der Waals surface area contributed by atoms with Crippen molar-refractivity contribution < 1.29 is 15.0 Å². The van der Waals surface area contributed by atoms with Crippen molar-refractivity contribution in [3.63, 3.8) is 0 Å². The molecule has 5 aromatic rings. The third kappa shape index (κ3) is 5.89. The molecular weight excluding hydrogens is 518 g/mol. The zero-order valence-corrected chi connectivity index (χ0v) is 24.2. The van der Waals surface area contributed by atoms with Crippen LogP contribution in [0.3, 0.4) is 0 Å². The van der Waals surface area contributed by atoms with Crippen LogP contribution in [-0.4, -0.2) is 31.2 Å². The number of aromatic carboxylic acids is 1. The molecule has 0 atom stereocenters. The Bertz CT molecular complexity index is 1680. The first-order chi connectivity index (χ1) is 18.9. The fraction of sp³-hybridized carbons (Fsp3) is 0.242. The lowest BCUT2D eigenvalue weighted by Crippen LogP contribution is -2.25. The molecule has 5 rings (SSSR count). The number of aromatic nitrogens is 3. The van der Waals surface area contributed by atoms with Crippen LogP contribution in [0.4, 0.5) is 0 Å². The van der Waals surface area contributed by atoms with Crippen molar-refractivity contribution in [2.75, 3.05) is 0 Å². The summed E-state index contributed by atoms with van der Waals surface area (Å²) in [5.41, 5.74) is 4.31. The van der Waals surface area contributed by atoms with Crippen molar-refractivity contribution in [3.8, 4) is 22.6 Å². The van der Waals surface area contributed by atoms with Gasteiger partial charge in [-0.25, -0.2) is 4.79 Å². The standard InChI is InChI=1S/C33H33N3O3S/c1-32(2,3)20-33(4,5)26-17-23(21-11-13-22(14-12-21)31(38)39)18-29(30(26)37)36-34-27-16-15-25(19-28(27)35-36)40-24-9-7-6-8-10-24/h6-19,37H,20H2,1-5H3,(H,38,39). The maximum absolute atomic E-state index is 11.7. The summed E-state index contributed by atoms with van der Waals surface area (Å²) in [6.45, 7) is 10.8. The van der Waals surface area contributed by atoms with Crippen LogP contribution in [0, 0.1) is 5.41 Å². The fourth-order valence-corrected chi connectivity index (χ4v) is 6.24. The van der Waals surface area contributed by atoms with Gasteiger partial charge in [0.1, 0.15) is 22.5 Å². The number of hydrogen-bond donors (Lipinski definition) is 2. The van der Waals surface area contributed by atoms with Crippen LogP contribution >= 0.6 is 11.8 Å². The number of rotatable bonds is 7. The van der Waals surface area contributed by atoms with Gasteiger partial charge in [-0.15, -0.1) is 15.0 Å². The van der Waals surface area contributed by atoms with Gasteiger partial charge in [-0.1, -0.05) is 76.7 Å². The molecule has 0 aliphatic heterocycles. The summed E-state index contributed by atoms with van der Waals surface area (Å²) in [6.07, 6.45) is 0.836. The maximum Gasteiger partial charge on any atom is 0.335 e. The van der Waals surface area contributed by atoms with Crippen LogP contribution < -0.4 is 0 Å². The molecule has 0 aliphatic carbocycles. The highest BCUT2D eigenvalue weighted by Crippen LogP contribution is 2.44. The molecule has 0 saturated carbocycles. The molecule has 204 valence electrons. The van der Waals surface area contributed by atoms with E-state index in [-0.39, 0.29) is 22.1 Å². The van der Waals surface area contributed by atoms with Gasteiger partial charge in [0, 0.05) is 15.4 Å². The molecule has 1 heterocycles. The third-order valence-electron chi connectivity index (χ3n) is 6.80. The van der Waals surface area contributed by atoms with Crippen LogP contribution in [0.25, 0.3) is 27.8 Å². The number of carboxylic acids is 1. The van der Waals surface area contributed by atoms with Crippen molar-refractivity contribution >= 4 is 28.8 Å². The van der Waals surface area contributed by atoms with Crippen molar-refractivity contribution in [1.82, 2.24) is 15.0 Å². The van der Waals surface area contributed by atoms with E-state index in [0.717, 1.165) is 43.9 Å². The van der Waals surface area contributed by atoms with Gasteiger partial charge in [-0.05, 0) is 83.0 Å². The molecule has 0 spiro atoms. The first-order valence-corrected chi connectivity index (χ1v) is 14.0. The van der Waals surface area contributed by atoms with Crippen LogP contribution in [-0.2, 0) is 5.41 Å². The summed E-state index contributed by atoms with van der Waals surface area (Å²) >= 11 is 1.66. The summed E-state index contributed by atoms with van der Waals surface area (Å²) in [5.74, 6) is -0.832. The molecule has 0 saturated heterocycles. The van der Waals surface area contributed by atoms with Gasteiger partial charge in [-0.2, -0.15) is 0 Å². The zero-order chi connectivity index (χ0) is 28.7. The molecule has 1 aromatic heterocycles. The van der Waals surface area contributed by atoms with Gasteiger partial charge in [0.15, 0.2) is 0 Å². The molecule has 40 heavy (non-hydrogen) atoms. The molecule has 6 nitrogen and oxygen atoms in total. The van der Waals surface area contributed by atoms with E-state index in [1.165, 1.54) is 4.80 Å². The van der Waals surface area contributed by atoms with Gasteiger partial charge < -0.3 is 10.2 Å². The molecule has 0 unspecified atom stereocenters. The molecule has 0 aliphatic rings. The highest BCUT2D eigenvalue weighted by molar-refractivity contribution is 7.99. The summed E-state index contributed by atoms with van der Waals surface area (Å²) in [6, 6.07) is 26.8. The molecule has 0 radical (unpaired) electrons. The van der Waals surface area contributed by atoms with Crippen molar-refractivity contribution in [1.29, 1.82) is 0 Å². The number of fused-ring (bicyclic) bond motifs is 1. The van der Waals surface area contributed by atoms with Gasteiger partial charge in [0.05, 0.1) is 5.56 Å². The molecule has 0 bridgehead atoms. The Morgan fingerprint density at radius 1 is 0.800 bits per heavy atom. The van der Waals surface area contributed by atoms with Gasteiger partial charge >= 0.3 is 5.97 Å². The fourth-order valence-electron chi connectivity index (χ4n) is 5.37. The number of carboxylic acid groups (broad SMARTS) is 1. The number of aromatic hydroxyl groups is 1. The Kier molecular flexibility index (Phi) is 7.19. The number of phenolic OH excluding ortho intramolecular Hbond substituents is 1. The van der Waals surface area contributed by atoms with E-state index in [2.05, 4.69) is 46.8 Å². The highest BCUT2D eigenvalue weighted by Gasteiger charge is 2.31. The van der Waals surface area contributed by atoms with Crippen LogP contribution in [0.15, 0.2) is 94.7 Å². The summed E-state index contributed by atoms with van der Waals surface area (Å²) < 4.78 is 0. The van der Waals surface area contributed by atoms with Gasteiger partial charge in [0.25, 0.3) is 0 Å². The van der Waals surface area contributed by atoms with E-state index in [0.29, 0.717) is 5.69 Å². The largest absolute Gasteiger partial charge is 0.505 e. The second-order valence-electron chi connectivity index (χ2n) is 12.0. The van der Waals surface area contributed by atoms with Crippen LogP contribution in [0.2, 0.25) is 0 Å². The molecular formula is C33H33N3O3S. The topological polar surface area (TPSA) is 88.2 Å². The number of benzene rings is 4. The number of carbonyl (C=O) groups is 1. The SMILES string of the molecule is CC(C)(C)CC(C)(C)c1cc(-c2ccc(C(=O)O)cc2)cc(-n2nc3ccc(Sc4ccccc4)cc3n2)c1O.